The van der Waals surface area contributed by atoms with Gasteiger partial charge in [0.2, 0.25) is 5.65 Å². The van der Waals surface area contributed by atoms with Crippen LogP contribution in [0.5, 0.6) is 5.88 Å². The fourth-order valence-electron chi connectivity index (χ4n) is 4.43. The van der Waals surface area contributed by atoms with Crippen molar-refractivity contribution in [1.29, 1.82) is 5.26 Å². The highest BCUT2D eigenvalue weighted by Crippen LogP contribution is 2.36. The van der Waals surface area contributed by atoms with E-state index in [-0.39, 0.29) is 5.41 Å². The second kappa shape index (κ2) is 8.68. The molecule has 0 radical (unpaired) electrons. The molecule has 0 unspecified atom stereocenters. The summed E-state index contributed by atoms with van der Waals surface area (Å²) in [5.74, 6) is 0.530. The average molecular weight is 438 g/mol. The summed E-state index contributed by atoms with van der Waals surface area (Å²) in [7, 11) is 0. The molecule has 1 atom stereocenters. The quantitative estimate of drug-likeness (QED) is 0.475. The first-order chi connectivity index (χ1) is 16.1. The molecule has 0 bridgehead atoms. The highest BCUT2D eigenvalue weighted by molar-refractivity contribution is 5.81. The SMILES string of the molecule is Cc1ccc(-c2c(-c3ccc(C#N)cc3)nc(OC[C@]3(C)CCCNC3)c3nccn23)cc1. The van der Waals surface area contributed by atoms with Gasteiger partial charge in [0.15, 0.2) is 0 Å². The number of aryl methyl sites for hydroxylation is 1. The number of nitrogens with zero attached hydrogens (tertiary/aromatic N) is 4. The summed E-state index contributed by atoms with van der Waals surface area (Å²) >= 11 is 0. The molecule has 4 aromatic rings. The number of benzene rings is 2. The van der Waals surface area contributed by atoms with E-state index in [0.29, 0.717) is 23.7 Å². The van der Waals surface area contributed by atoms with E-state index in [4.69, 9.17) is 9.72 Å². The second-order valence-corrected chi connectivity index (χ2v) is 9.17. The number of hydrogen-bond donors (Lipinski definition) is 1. The van der Waals surface area contributed by atoms with Crippen LogP contribution in [0.1, 0.15) is 30.9 Å². The van der Waals surface area contributed by atoms with Gasteiger partial charge in [-0.2, -0.15) is 5.26 Å². The Labute approximate surface area is 193 Å². The number of imidazole rings is 1. The molecular weight excluding hydrogens is 410 g/mol. The first-order valence-electron chi connectivity index (χ1n) is 11.3. The van der Waals surface area contributed by atoms with Gasteiger partial charge in [-0.1, -0.05) is 48.9 Å². The van der Waals surface area contributed by atoms with E-state index < -0.39 is 0 Å². The largest absolute Gasteiger partial charge is 0.474 e. The Kier molecular flexibility index (Phi) is 5.57. The molecule has 1 aliphatic rings. The summed E-state index contributed by atoms with van der Waals surface area (Å²) in [4.78, 5) is 9.59. The normalized spacial score (nSPS) is 18.2. The second-order valence-electron chi connectivity index (χ2n) is 9.17. The highest BCUT2D eigenvalue weighted by Gasteiger charge is 2.29. The fourth-order valence-corrected chi connectivity index (χ4v) is 4.43. The average Bonchev–Trinajstić information content (AvgIpc) is 3.33. The van der Waals surface area contributed by atoms with Crippen LogP contribution < -0.4 is 10.1 Å². The zero-order valence-electron chi connectivity index (χ0n) is 19.0. The van der Waals surface area contributed by atoms with Gasteiger partial charge in [-0.3, -0.25) is 4.40 Å². The van der Waals surface area contributed by atoms with Gasteiger partial charge in [-0.25, -0.2) is 9.97 Å². The van der Waals surface area contributed by atoms with Gasteiger partial charge in [0.25, 0.3) is 5.88 Å². The van der Waals surface area contributed by atoms with Crippen LogP contribution in [0.4, 0.5) is 0 Å². The van der Waals surface area contributed by atoms with Crippen molar-refractivity contribution < 1.29 is 4.74 Å². The van der Waals surface area contributed by atoms with E-state index in [1.807, 2.05) is 30.5 Å². The molecule has 0 spiro atoms. The van der Waals surface area contributed by atoms with Gasteiger partial charge in [-0.05, 0) is 38.4 Å². The third kappa shape index (κ3) is 4.20. The molecule has 0 aliphatic carbocycles. The van der Waals surface area contributed by atoms with Crippen molar-refractivity contribution in [2.24, 2.45) is 5.41 Å². The fraction of sp³-hybridized carbons (Fsp3) is 0.296. The monoisotopic (exact) mass is 437 g/mol. The van der Waals surface area contributed by atoms with Crippen LogP contribution in [-0.2, 0) is 0 Å². The van der Waals surface area contributed by atoms with Crippen LogP contribution in [0.15, 0.2) is 60.9 Å². The van der Waals surface area contributed by atoms with E-state index in [9.17, 15) is 5.26 Å². The van der Waals surface area contributed by atoms with Crippen molar-refractivity contribution >= 4 is 5.65 Å². The van der Waals surface area contributed by atoms with E-state index in [1.165, 1.54) is 5.56 Å². The standard InChI is InChI=1S/C27H27N5O/c1-19-4-8-22(9-5-19)24-23(21-10-6-20(16-28)7-11-21)31-26(25-30-14-15-32(24)25)33-18-27(2)12-3-13-29-17-27/h4-11,14-15,29H,3,12-13,17-18H2,1-2H3/t27-/m1/s1. The maximum Gasteiger partial charge on any atom is 0.259 e. The molecule has 0 amide bonds. The van der Waals surface area contributed by atoms with Crippen LogP contribution in [0, 0.1) is 23.7 Å². The van der Waals surface area contributed by atoms with Crippen LogP contribution >= 0.6 is 0 Å². The number of nitrogens with one attached hydrogen (secondary N) is 1. The van der Waals surface area contributed by atoms with Crippen LogP contribution in [0.2, 0.25) is 0 Å². The predicted molar refractivity (Wildman–Crippen MR) is 129 cm³/mol. The lowest BCUT2D eigenvalue weighted by molar-refractivity contribution is 0.126. The molecule has 3 heterocycles. The molecule has 1 N–H and O–H groups in total. The molecule has 1 saturated heterocycles. The van der Waals surface area contributed by atoms with Crippen molar-refractivity contribution in [3.05, 3.63) is 72.1 Å². The third-order valence-corrected chi connectivity index (χ3v) is 6.37. The smallest absolute Gasteiger partial charge is 0.259 e. The van der Waals surface area contributed by atoms with Crippen LogP contribution in [-0.4, -0.2) is 34.1 Å². The summed E-state index contributed by atoms with van der Waals surface area (Å²) in [5.41, 5.74) is 6.31. The molecule has 33 heavy (non-hydrogen) atoms. The zero-order valence-corrected chi connectivity index (χ0v) is 19.0. The van der Waals surface area contributed by atoms with Gasteiger partial charge in [-0.15, -0.1) is 0 Å². The van der Waals surface area contributed by atoms with E-state index in [1.54, 1.807) is 6.20 Å². The molecule has 1 fully saturated rings. The van der Waals surface area contributed by atoms with Crippen molar-refractivity contribution in [2.75, 3.05) is 19.7 Å². The molecule has 6 nitrogen and oxygen atoms in total. The van der Waals surface area contributed by atoms with Crippen LogP contribution in [0.25, 0.3) is 28.2 Å². The van der Waals surface area contributed by atoms with Crippen molar-refractivity contribution in [3.63, 3.8) is 0 Å². The summed E-state index contributed by atoms with van der Waals surface area (Å²) in [5, 5.41) is 12.7. The summed E-state index contributed by atoms with van der Waals surface area (Å²) in [6.07, 6.45) is 6.01. The molecule has 166 valence electrons. The van der Waals surface area contributed by atoms with Crippen molar-refractivity contribution in [1.82, 2.24) is 19.7 Å². The molecule has 6 heteroatoms. The van der Waals surface area contributed by atoms with Gasteiger partial charge in [0, 0.05) is 35.5 Å². The molecular formula is C27H27N5O. The zero-order chi connectivity index (χ0) is 22.8. The Hall–Kier alpha value is -3.69. The lowest BCUT2D eigenvalue weighted by atomic mass is 9.84. The minimum atomic E-state index is 0.0632. The van der Waals surface area contributed by atoms with Gasteiger partial charge in [0.05, 0.1) is 29.6 Å². The Morgan fingerprint density at radius 2 is 1.88 bits per heavy atom. The van der Waals surface area contributed by atoms with Crippen LogP contribution in [0.3, 0.4) is 0 Å². The molecule has 1 aliphatic heterocycles. The minimum Gasteiger partial charge on any atom is -0.474 e. The summed E-state index contributed by atoms with van der Waals surface area (Å²) < 4.78 is 8.41. The Balaban J connectivity index is 1.64. The molecule has 2 aromatic carbocycles. The number of piperidine rings is 1. The number of hydrogen-bond acceptors (Lipinski definition) is 5. The first kappa shape index (κ1) is 21.2. The Morgan fingerprint density at radius 1 is 1.12 bits per heavy atom. The summed E-state index contributed by atoms with van der Waals surface area (Å²) in [6.45, 7) is 6.90. The first-order valence-corrected chi connectivity index (χ1v) is 11.3. The van der Waals surface area contributed by atoms with E-state index in [0.717, 1.165) is 48.4 Å². The maximum atomic E-state index is 9.23. The maximum absolute atomic E-state index is 9.23. The lowest BCUT2D eigenvalue weighted by Gasteiger charge is -2.33. The topological polar surface area (TPSA) is 75.2 Å². The Bertz CT molecular complexity index is 1310. The number of ether oxygens (including phenoxy) is 1. The lowest BCUT2D eigenvalue weighted by Crippen LogP contribution is -2.41. The molecule has 5 rings (SSSR count). The molecule has 2 aromatic heterocycles. The number of aromatic nitrogens is 3. The number of nitriles is 1. The van der Waals surface area contributed by atoms with Gasteiger partial charge in [0.1, 0.15) is 0 Å². The van der Waals surface area contributed by atoms with Crippen molar-refractivity contribution in [3.8, 4) is 34.5 Å². The number of fused-ring (bicyclic) bond motifs is 1. The third-order valence-electron chi connectivity index (χ3n) is 6.37. The van der Waals surface area contributed by atoms with Gasteiger partial charge >= 0.3 is 0 Å². The van der Waals surface area contributed by atoms with Crippen molar-refractivity contribution in [2.45, 2.75) is 26.7 Å². The predicted octanol–water partition coefficient (Wildman–Crippen LogP) is 5.01. The Morgan fingerprint density at radius 3 is 2.58 bits per heavy atom. The van der Waals surface area contributed by atoms with E-state index in [2.05, 4.69) is 58.9 Å². The minimum absolute atomic E-state index is 0.0632. The number of rotatable bonds is 5. The molecule has 0 saturated carbocycles. The van der Waals surface area contributed by atoms with Gasteiger partial charge < -0.3 is 10.1 Å². The van der Waals surface area contributed by atoms with E-state index >= 15 is 0 Å². The highest BCUT2D eigenvalue weighted by atomic mass is 16.5. The summed E-state index contributed by atoms with van der Waals surface area (Å²) in [6, 6.07) is 18.1.